The molecule has 2 saturated carbocycles. The van der Waals surface area contributed by atoms with Crippen molar-refractivity contribution in [1.82, 2.24) is 0 Å². The fourth-order valence-corrected chi connectivity index (χ4v) is 5.36. The van der Waals surface area contributed by atoms with Gasteiger partial charge in [-0.1, -0.05) is 43.6 Å². The van der Waals surface area contributed by atoms with Crippen molar-refractivity contribution in [3.63, 3.8) is 0 Å². The van der Waals surface area contributed by atoms with Crippen LogP contribution in [0.1, 0.15) is 91.4 Å². The first-order valence-electron chi connectivity index (χ1n) is 10.9. The first-order chi connectivity index (χ1) is 12.7. The van der Waals surface area contributed by atoms with E-state index in [1.54, 1.807) is 0 Å². The number of rotatable bonds is 1. The minimum Gasteiger partial charge on any atom is -0.295 e. The van der Waals surface area contributed by atoms with Gasteiger partial charge < -0.3 is 0 Å². The summed E-state index contributed by atoms with van der Waals surface area (Å²) in [6.45, 7) is 10.8. The van der Waals surface area contributed by atoms with E-state index in [1.807, 2.05) is 12.2 Å². The lowest BCUT2D eigenvalue weighted by atomic mass is 9.62. The van der Waals surface area contributed by atoms with E-state index in [1.165, 1.54) is 55.2 Å². The zero-order valence-electron chi connectivity index (χ0n) is 17.5. The van der Waals surface area contributed by atoms with Gasteiger partial charge in [0.05, 0.1) is 0 Å². The van der Waals surface area contributed by atoms with Crippen LogP contribution in [0.2, 0.25) is 0 Å². The van der Waals surface area contributed by atoms with Gasteiger partial charge in [-0.05, 0) is 87.2 Å². The molecule has 0 amide bonds. The monoisotopic (exact) mass is 368 g/mol. The van der Waals surface area contributed by atoms with Gasteiger partial charge in [-0.25, -0.2) is 0 Å². The van der Waals surface area contributed by atoms with Crippen LogP contribution in [0.4, 0.5) is 0 Å². The smallest absolute Gasteiger partial charge is 0.155 e. The molecule has 4 rings (SSSR count). The second kappa shape index (κ2) is 7.89. The number of allylic oxidation sites excluding steroid dienone is 5. The molecule has 0 N–H and O–H groups in total. The van der Waals surface area contributed by atoms with Crippen molar-refractivity contribution in [3.8, 4) is 0 Å². The molecule has 0 aromatic heterocycles. The summed E-state index contributed by atoms with van der Waals surface area (Å²) in [6.07, 6.45) is 16.2. The van der Waals surface area contributed by atoms with E-state index in [0.717, 1.165) is 32.1 Å². The Bertz CT molecular complexity index is 695. The van der Waals surface area contributed by atoms with Crippen LogP contribution in [0, 0.1) is 16.7 Å². The Morgan fingerprint density at radius 2 is 1.48 bits per heavy atom. The first kappa shape index (κ1) is 20.3. The molecule has 2 heteroatoms. The van der Waals surface area contributed by atoms with Gasteiger partial charge in [0.25, 0.3) is 0 Å². The number of carbonyl (C=O) groups excluding carboxylic acids is 2. The van der Waals surface area contributed by atoms with Crippen LogP contribution in [-0.4, -0.2) is 11.6 Å². The van der Waals surface area contributed by atoms with Crippen LogP contribution in [-0.2, 0) is 9.59 Å². The van der Waals surface area contributed by atoms with Gasteiger partial charge in [-0.3, -0.25) is 9.59 Å². The van der Waals surface area contributed by atoms with Crippen LogP contribution in [0.15, 0.2) is 35.5 Å². The van der Waals surface area contributed by atoms with Crippen molar-refractivity contribution in [2.75, 3.05) is 0 Å². The molecule has 0 aliphatic heterocycles. The summed E-state index contributed by atoms with van der Waals surface area (Å²) >= 11 is 0. The quantitative estimate of drug-likeness (QED) is 0.494. The minimum atomic E-state index is 0.319. The van der Waals surface area contributed by atoms with Crippen molar-refractivity contribution >= 4 is 11.6 Å². The molecule has 27 heavy (non-hydrogen) atoms. The molecular formula is C25H36O2. The Balaban J connectivity index is 0.000000159. The molecule has 0 spiro atoms. The summed E-state index contributed by atoms with van der Waals surface area (Å²) in [5, 5.41) is 0. The Kier molecular flexibility index (Phi) is 5.93. The fraction of sp³-hybridized carbons (Fsp3) is 0.680. The molecular weight excluding hydrogens is 332 g/mol. The highest BCUT2D eigenvalue weighted by molar-refractivity contribution is 5.92. The molecule has 0 bridgehead atoms. The molecule has 4 aliphatic carbocycles. The molecule has 4 aliphatic rings. The molecule has 2 nitrogen and oxygen atoms in total. The fourth-order valence-electron chi connectivity index (χ4n) is 5.36. The van der Waals surface area contributed by atoms with Crippen LogP contribution < -0.4 is 0 Å². The topological polar surface area (TPSA) is 34.1 Å². The van der Waals surface area contributed by atoms with Crippen molar-refractivity contribution < 1.29 is 9.59 Å². The van der Waals surface area contributed by atoms with Crippen LogP contribution in [0.5, 0.6) is 0 Å². The number of fused-ring (bicyclic) bond motifs is 2. The van der Waals surface area contributed by atoms with Gasteiger partial charge in [0.2, 0.25) is 0 Å². The summed E-state index contributed by atoms with van der Waals surface area (Å²) in [5.41, 5.74) is 4.81. The average Bonchev–Trinajstić information content (AvgIpc) is 2.62. The molecule has 0 heterocycles. The highest BCUT2D eigenvalue weighted by atomic mass is 16.1. The number of hydrogen-bond donors (Lipinski definition) is 0. The van der Waals surface area contributed by atoms with E-state index in [-0.39, 0.29) is 0 Å². The van der Waals surface area contributed by atoms with Gasteiger partial charge in [0.1, 0.15) is 0 Å². The second-order valence-electron chi connectivity index (χ2n) is 9.89. The maximum atomic E-state index is 11.4. The van der Waals surface area contributed by atoms with E-state index in [4.69, 9.17) is 0 Å². The third-order valence-corrected chi connectivity index (χ3v) is 7.70. The number of hydrogen-bond acceptors (Lipinski definition) is 2. The summed E-state index contributed by atoms with van der Waals surface area (Å²) < 4.78 is 0. The van der Waals surface area contributed by atoms with Gasteiger partial charge in [0, 0.05) is 12.8 Å². The third-order valence-electron chi connectivity index (χ3n) is 7.70. The average molecular weight is 369 g/mol. The van der Waals surface area contributed by atoms with Crippen molar-refractivity contribution in [2.24, 2.45) is 16.7 Å². The molecule has 0 unspecified atom stereocenters. The summed E-state index contributed by atoms with van der Waals surface area (Å²) in [5.74, 6) is 1.28. The van der Waals surface area contributed by atoms with Gasteiger partial charge in [-0.2, -0.15) is 0 Å². The molecule has 2 fully saturated rings. The first-order valence-corrected chi connectivity index (χ1v) is 10.9. The van der Waals surface area contributed by atoms with E-state index < -0.39 is 0 Å². The lowest BCUT2D eigenvalue weighted by molar-refractivity contribution is -0.116. The van der Waals surface area contributed by atoms with E-state index in [0.29, 0.717) is 28.3 Å². The maximum absolute atomic E-state index is 11.4. The maximum Gasteiger partial charge on any atom is 0.155 e. The second-order valence-corrected chi connectivity index (χ2v) is 9.89. The lowest BCUT2D eigenvalue weighted by Gasteiger charge is -2.42. The summed E-state index contributed by atoms with van der Waals surface area (Å²) in [6, 6.07) is 0. The Morgan fingerprint density at radius 3 is 2.11 bits per heavy atom. The van der Waals surface area contributed by atoms with Gasteiger partial charge >= 0.3 is 0 Å². The zero-order valence-corrected chi connectivity index (χ0v) is 17.5. The molecule has 0 radical (unpaired) electrons. The van der Waals surface area contributed by atoms with E-state index in [9.17, 15) is 9.59 Å². The van der Waals surface area contributed by atoms with Crippen molar-refractivity contribution in [2.45, 2.75) is 91.4 Å². The predicted molar refractivity (Wildman–Crippen MR) is 111 cm³/mol. The van der Waals surface area contributed by atoms with Crippen LogP contribution in [0.25, 0.3) is 0 Å². The van der Waals surface area contributed by atoms with Crippen LogP contribution in [0.3, 0.4) is 0 Å². The Hall–Kier alpha value is -1.44. The number of ketones is 2. The highest BCUT2D eigenvalue weighted by Gasteiger charge is 2.38. The van der Waals surface area contributed by atoms with Crippen molar-refractivity contribution in [1.29, 1.82) is 0 Å². The van der Waals surface area contributed by atoms with E-state index >= 15 is 0 Å². The lowest BCUT2D eigenvalue weighted by Crippen LogP contribution is -2.31. The molecule has 148 valence electrons. The summed E-state index contributed by atoms with van der Waals surface area (Å²) in [4.78, 5) is 22.6. The summed E-state index contributed by atoms with van der Waals surface area (Å²) in [7, 11) is 0. The molecule has 0 saturated heterocycles. The highest BCUT2D eigenvalue weighted by Crippen LogP contribution is 2.49. The predicted octanol–water partition coefficient (Wildman–Crippen LogP) is 6.51. The SMILES string of the molecule is C=C(C)[C@@H]1CC[C@@]2(C)CCC(=O)C=C2C1.C[C@@]12CCCCC1=CC(=O)CC2. The Morgan fingerprint density at radius 1 is 0.889 bits per heavy atom. The molecule has 3 atom stereocenters. The van der Waals surface area contributed by atoms with E-state index in [2.05, 4.69) is 27.4 Å². The molecule has 0 aromatic rings. The van der Waals surface area contributed by atoms with Crippen molar-refractivity contribution in [3.05, 3.63) is 35.5 Å². The Labute approximate surface area is 165 Å². The van der Waals surface area contributed by atoms with Gasteiger partial charge in [-0.15, -0.1) is 0 Å². The number of carbonyl (C=O) groups is 2. The minimum absolute atomic E-state index is 0.319. The normalized spacial score (nSPS) is 35.7. The zero-order chi connectivity index (χ0) is 19.7. The molecule has 0 aromatic carbocycles. The van der Waals surface area contributed by atoms with Crippen LogP contribution >= 0.6 is 0 Å². The van der Waals surface area contributed by atoms with Gasteiger partial charge in [0.15, 0.2) is 11.6 Å². The standard InChI is InChI=1S/C14H20O.C11H16O/c1-10(2)11-4-6-14(3)7-5-13(15)9-12(14)8-11;1-11-6-3-2-4-9(11)8-10(12)5-7-11/h9,11H,1,4-8H2,2-3H3;8H,2-7H2,1H3/t11-,14+;11-/m10/s1. The third kappa shape index (κ3) is 4.52. The largest absolute Gasteiger partial charge is 0.295 e.